The van der Waals surface area contributed by atoms with Crippen molar-refractivity contribution in [3.8, 4) is 0 Å². The summed E-state index contributed by atoms with van der Waals surface area (Å²) in [6.45, 7) is 4.79. The number of amides is 1. The molecule has 144 valence electrons. The number of hydrogen-bond acceptors (Lipinski definition) is 6. The Balaban J connectivity index is 2.08. The highest BCUT2D eigenvalue weighted by atomic mass is 32.1. The molecule has 27 heavy (non-hydrogen) atoms. The summed E-state index contributed by atoms with van der Waals surface area (Å²) in [5.74, 6) is -1.37. The van der Waals surface area contributed by atoms with Crippen molar-refractivity contribution in [2.24, 2.45) is 0 Å². The van der Waals surface area contributed by atoms with E-state index in [2.05, 4.69) is 10.2 Å². The minimum absolute atomic E-state index is 0.139. The van der Waals surface area contributed by atoms with Crippen LogP contribution in [0.3, 0.4) is 0 Å². The fraction of sp³-hybridized carbons (Fsp3) is 0.421. The summed E-state index contributed by atoms with van der Waals surface area (Å²) in [7, 11) is 3.94. The van der Waals surface area contributed by atoms with Gasteiger partial charge in [0.05, 0.1) is 22.9 Å². The Morgan fingerprint density at radius 3 is 2.67 bits per heavy atom. The molecule has 0 radical (unpaired) electrons. The molecule has 2 aromatic rings. The molecule has 3 heterocycles. The molecule has 1 aliphatic rings. The second-order valence-electron chi connectivity index (χ2n) is 6.97. The van der Waals surface area contributed by atoms with Crippen LogP contribution in [0.15, 0.2) is 23.1 Å². The van der Waals surface area contributed by atoms with Crippen LogP contribution >= 0.6 is 11.3 Å². The molecular formula is C19H24N4O3S. The van der Waals surface area contributed by atoms with Crippen molar-refractivity contribution >= 4 is 28.8 Å². The molecule has 0 bridgehead atoms. The first-order chi connectivity index (χ1) is 12.8. The van der Waals surface area contributed by atoms with Gasteiger partial charge in [-0.1, -0.05) is 6.07 Å². The maximum atomic E-state index is 12.8. The molecule has 0 saturated carbocycles. The number of aromatic amines is 1. The first kappa shape index (κ1) is 19.3. The topological polar surface area (TPSA) is 89.5 Å². The van der Waals surface area contributed by atoms with Crippen molar-refractivity contribution in [1.29, 1.82) is 0 Å². The summed E-state index contributed by atoms with van der Waals surface area (Å²) >= 11 is 1.47. The summed E-state index contributed by atoms with van der Waals surface area (Å²) < 4.78 is 0. The number of ketones is 1. The molecule has 1 aliphatic heterocycles. The lowest BCUT2D eigenvalue weighted by Crippen LogP contribution is -2.32. The summed E-state index contributed by atoms with van der Waals surface area (Å²) in [4.78, 5) is 30.0. The number of aryl methyl sites for hydroxylation is 2. The van der Waals surface area contributed by atoms with Crippen molar-refractivity contribution in [2.45, 2.75) is 26.3 Å². The van der Waals surface area contributed by atoms with Gasteiger partial charge in [-0.2, -0.15) is 5.10 Å². The number of carbonyl (C=O) groups is 2. The minimum atomic E-state index is -0.643. The normalized spacial score (nSPS) is 19.4. The summed E-state index contributed by atoms with van der Waals surface area (Å²) in [5, 5.41) is 19.8. The maximum absolute atomic E-state index is 12.8. The number of Topliss-reactive ketones (excluding diaryl/α,β-unsaturated/α-hetero) is 1. The van der Waals surface area contributed by atoms with Gasteiger partial charge in [-0.05, 0) is 52.4 Å². The van der Waals surface area contributed by atoms with Gasteiger partial charge in [-0.15, -0.1) is 11.3 Å². The SMILES string of the molecule is Cc1n[nH]c(C)c1C(O)=C1C(=O)C(=O)N(CCCN(C)C)[C@H]1c1cccs1. The standard InChI is InChI=1S/C19H24N4O3S/c1-11-14(12(2)21-20-11)17(24)15-16(13-7-5-10-27-13)23(19(26)18(15)25)9-6-8-22(3)4/h5,7,10,16,24H,6,8-9H2,1-4H3,(H,20,21)/t16-/m0/s1. The molecule has 1 amide bonds. The van der Waals surface area contributed by atoms with Crippen LogP contribution in [0.4, 0.5) is 0 Å². The highest BCUT2D eigenvalue weighted by Gasteiger charge is 2.46. The van der Waals surface area contributed by atoms with Gasteiger partial charge in [0.25, 0.3) is 11.7 Å². The number of hydrogen-bond donors (Lipinski definition) is 2. The average molecular weight is 388 g/mol. The van der Waals surface area contributed by atoms with Crippen molar-refractivity contribution in [2.75, 3.05) is 27.2 Å². The number of rotatable bonds is 6. The highest BCUT2D eigenvalue weighted by molar-refractivity contribution is 7.10. The van der Waals surface area contributed by atoms with Crippen LogP contribution in [0.2, 0.25) is 0 Å². The van der Waals surface area contributed by atoms with Gasteiger partial charge in [-0.25, -0.2) is 0 Å². The molecule has 1 fully saturated rings. The number of aromatic nitrogens is 2. The third-order valence-electron chi connectivity index (χ3n) is 4.72. The van der Waals surface area contributed by atoms with E-state index in [9.17, 15) is 14.7 Å². The Morgan fingerprint density at radius 2 is 2.11 bits per heavy atom. The quantitative estimate of drug-likeness (QED) is 0.451. The van der Waals surface area contributed by atoms with Gasteiger partial charge in [0.1, 0.15) is 5.76 Å². The Kier molecular flexibility index (Phi) is 5.48. The first-order valence-electron chi connectivity index (χ1n) is 8.81. The number of nitrogens with one attached hydrogen (secondary N) is 1. The number of thiophene rings is 1. The van der Waals surface area contributed by atoms with Crippen LogP contribution in [-0.2, 0) is 9.59 Å². The van der Waals surface area contributed by atoms with E-state index in [1.165, 1.54) is 11.3 Å². The summed E-state index contributed by atoms with van der Waals surface area (Å²) in [6, 6.07) is 3.21. The molecule has 2 N–H and O–H groups in total. The largest absolute Gasteiger partial charge is 0.507 e. The molecule has 1 atom stereocenters. The van der Waals surface area contributed by atoms with E-state index in [0.29, 0.717) is 23.5 Å². The van der Waals surface area contributed by atoms with Gasteiger partial charge in [0.15, 0.2) is 0 Å². The molecular weight excluding hydrogens is 364 g/mol. The number of likely N-dealkylation sites (tertiary alicyclic amines) is 1. The number of aliphatic hydroxyl groups is 1. The molecule has 2 aromatic heterocycles. The lowest BCUT2D eigenvalue weighted by Gasteiger charge is -2.24. The molecule has 0 spiro atoms. The van der Waals surface area contributed by atoms with Crippen LogP contribution < -0.4 is 0 Å². The second-order valence-corrected chi connectivity index (χ2v) is 7.95. The van der Waals surface area contributed by atoms with Crippen molar-refractivity contribution in [3.05, 3.63) is 44.9 Å². The van der Waals surface area contributed by atoms with Gasteiger partial charge in [0, 0.05) is 17.1 Å². The van der Waals surface area contributed by atoms with Gasteiger partial charge in [-0.3, -0.25) is 14.7 Å². The number of aliphatic hydroxyl groups excluding tert-OH is 1. The molecule has 8 heteroatoms. The van der Waals surface area contributed by atoms with E-state index < -0.39 is 17.7 Å². The second kappa shape index (κ2) is 7.66. The molecule has 1 saturated heterocycles. The Labute approximate surface area is 162 Å². The zero-order valence-electron chi connectivity index (χ0n) is 15.9. The molecule has 3 rings (SSSR count). The lowest BCUT2D eigenvalue weighted by molar-refractivity contribution is -0.139. The monoisotopic (exact) mass is 388 g/mol. The van der Waals surface area contributed by atoms with E-state index in [1.54, 1.807) is 18.7 Å². The lowest BCUT2D eigenvalue weighted by atomic mass is 9.99. The fourth-order valence-electron chi connectivity index (χ4n) is 3.45. The van der Waals surface area contributed by atoms with Crippen LogP contribution in [0, 0.1) is 13.8 Å². The third kappa shape index (κ3) is 3.54. The summed E-state index contributed by atoms with van der Waals surface area (Å²) in [5.41, 5.74) is 1.88. The third-order valence-corrected chi connectivity index (χ3v) is 5.65. The molecule has 0 aliphatic carbocycles. The fourth-order valence-corrected chi connectivity index (χ4v) is 4.29. The first-order valence-corrected chi connectivity index (χ1v) is 9.69. The summed E-state index contributed by atoms with van der Waals surface area (Å²) in [6.07, 6.45) is 0.742. The van der Waals surface area contributed by atoms with E-state index in [4.69, 9.17) is 0 Å². The van der Waals surface area contributed by atoms with Crippen molar-refractivity contribution in [1.82, 2.24) is 20.0 Å². The highest BCUT2D eigenvalue weighted by Crippen LogP contribution is 2.41. The molecule has 0 unspecified atom stereocenters. The van der Waals surface area contributed by atoms with Gasteiger partial charge < -0.3 is 14.9 Å². The number of carbonyl (C=O) groups excluding carboxylic acids is 2. The van der Waals surface area contributed by atoms with Gasteiger partial charge in [0.2, 0.25) is 0 Å². The molecule has 0 aromatic carbocycles. The predicted octanol–water partition coefficient (Wildman–Crippen LogP) is 2.46. The predicted molar refractivity (Wildman–Crippen MR) is 105 cm³/mol. The van der Waals surface area contributed by atoms with Gasteiger partial charge >= 0.3 is 0 Å². The van der Waals surface area contributed by atoms with Crippen molar-refractivity contribution < 1.29 is 14.7 Å². The van der Waals surface area contributed by atoms with E-state index in [0.717, 1.165) is 17.8 Å². The molecule has 7 nitrogen and oxygen atoms in total. The maximum Gasteiger partial charge on any atom is 0.295 e. The zero-order valence-corrected chi connectivity index (χ0v) is 16.8. The van der Waals surface area contributed by atoms with Crippen LogP contribution in [0.25, 0.3) is 5.76 Å². The Bertz CT molecular complexity index is 863. The van der Waals surface area contributed by atoms with Crippen molar-refractivity contribution in [3.63, 3.8) is 0 Å². The van der Waals surface area contributed by atoms with E-state index >= 15 is 0 Å². The Hall–Kier alpha value is -2.45. The van der Waals surface area contributed by atoms with Crippen LogP contribution in [-0.4, -0.2) is 64.0 Å². The average Bonchev–Trinajstić information content (AvgIpc) is 3.30. The van der Waals surface area contributed by atoms with Crippen LogP contribution in [0.1, 0.15) is 34.3 Å². The number of nitrogens with zero attached hydrogens (tertiary/aromatic N) is 3. The van der Waals surface area contributed by atoms with E-state index in [1.807, 2.05) is 36.5 Å². The smallest absolute Gasteiger partial charge is 0.295 e. The Morgan fingerprint density at radius 1 is 1.37 bits per heavy atom. The number of H-pyrrole nitrogens is 1. The zero-order chi connectivity index (χ0) is 19.7. The van der Waals surface area contributed by atoms with E-state index in [-0.39, 0.29) is 11.3 Å². The minimum Gasteiger partial charge on any atom is -0.507 e. The van der Waals surface area contributed by atoms with Crippen LogP contribution in [0.5, 0.6) is 0 Å².